The molecule has 31 heavy (non-hydrogen) atoms. The second-order valence-electron chi connectivity index (χ2n) is 7.17. The Labute approximate surface area is 194 Å². The smallest absolute Gasteiger partial charge is 0.230 e. The van der Waals surface area contributed by atoms with Crippen molar-refractivity contribution in [1.82, 2.24) is 19.7 Å². The van der Waals surface area contributed by atoms with E-state index in [2.05, 4.69) is 46.1 Å². The third-order valence-corrected chi connectivity index (χ3v) is 7.73. The zero-order valence-electron chi connectivity index (χ0n) is 17.6. The lowest BCUT2D eigenvalue weighted by molar-refractivity contribution is -0.115. The van der Waals surface area contributed by atoms with E-state index in [1.165, 1.54) is 21.8 Å². The number of aromatic nitrogens is 4. The van der Waals surface area contributed by atoms with E-state index in [-0.39, 0.29) is 5.91 Å². The van der Waals surface area contributed by atoms with Gasteiger partial charge in [0.2, 0.25) is 5.91 Å². The zero-order chi connectivity index (χ0) is 21.8. The van der Waals surface area contributed by atoms with Gasteiger partial charge in [-0.1, -0.05) is 23.9 Å². The summed E-state index contributed by atoms with van der Waals surface area (Å²) in [4.78, 5) is 20.1. The molecule has 0 fully saturated rings. The van der Waals surface area contributed by atoms with Crippen LogP contribution in [0.2, 0.25) is 0 Å². The average molecular weight is 470 g/mol. The predicted octanol–water partition coefficient (Wildman–Crippen LogP) is 5.63. The number of rotatable bonds is 8. The SMILES string of the molecule is CC(=O)N(c1ccc(C)c(C)c1)c1nc(CSc2nncn2CCc2cccs2)cs1. The second-order valence-corrected chi connectivity index (χ2v) is 9.98. The lowest BCUT2D eigenvalue weighted by Crippen LogP contribution is -2.22. The van der Waals surface area contributed by atoms with Crippen LogP contribution in [0.15, 0.2) is 52.6 Å². The lowest BCUT2D eigenvalue weighted by Gasteiger charge is -2.19. The summed E-state index contributed by atoms with van der Waals surface area (Å²) in [6.45, 7) is 6.54. The number of thiophene rings is 1. The number of amides is 1. The van der Waals surface area contributed by atoms with E-state index in [9.17, 15) is 4.79 Å². The summed E-state index contributed by atoms with van der Waals surface area (Å²) in [5.41, 5.74) is 4.12. The van der Waals surface area contributed by atoms with E-state index in [0.29, 0.717) is 10.9 Å². The highest BCUT2D eigenvalue weighted by molar-refractivity contribution is 7.98. The molecule has 0 radical (unpaired) electrons. The van der Waals surface area contributed by atoms with E-state index >= 15 is 0 Å². The van der Waals surface area contributed by atoms with Crippen LogP contribution in [0, 0.1) is 13.8 Å². The third kappa shape index (κ3) is 5.23. The molecule has 0 unspecified atom stereocenters. The summed E-state index contributed by atoms with van der Waals surface area (Å²) in [6.07, 6.45) is 2.74. The van der Waals surface area contributed by atoms with Gasteiger partial charge in [-0.25, -0.2) is 4.98 Å². The molecular formula is C22H23N5OS3. The van der Waals surface area contributed by atoms with Gasteiger partial charge in [-0.05, 0) is 55.0 Å². The monoisotopic (exact) mass is 469 g/mol. The van der Waals surface area contributed by atoms with Crippen LogP contribution in [-0.4, -0.2) is 25.7 Å². The van der Waals surface area contributed by atoms with Crippen LogP contribution in [-0.2, 0) is 23.5 Å². The van der Waals surface area contributed by atoms with Crippen LogP contribution in [0.5, 0.6) is 0 Å². The number of carbonyl (C=O) groups excluding carboxylic acids is 1. The largest absolute Gasteiger partial charge is 0.308 e. The number of hydrogen-bond donors (Lipinski definition) is 0. The fourth-order valence-corrected chi connectivity index (χ4v) is 5.61. The van der Waals surface area contributed by atoms with Gasteiger partial charge in [0.1, 0.15) is 6.33 Å². The van der Waals surface area contributed by atoms with Crippen molar-refractivity contribution in [1.29, 1.82) is 0 Å². The van der Waals surface area contributed by atoms with Crippen molar-refractivity contribution in [2.45, 2.75) is 44.6 Å². The molecule has 1 amide bonds. The van der Waals surface area contributed by atoms with Crippen LogP contribution < -0.4 is 4.90 Å². The highest BCUT2D eigenvalue weighted by Gasteiger charge is 2.19. The molecule has 3 heterocycles. The molecule has 0 aliphatic heterocycles. The third-order valence-electron chi connectivity index (χ3n) is 4.90. The fraction of sp³-hybridized carbons (Fsp3) is 0.273. The molecule has 0 N–H and O–H groups in total. The molecule has 0 bridgehead atoms. The van der Waals surface area contributed by atoms with Gasteiger partial charge in [-0.3, -0.25) is 9.69 Å². The van der Waals surface area contributed by atoms with Crippen molar-refractivity contribution in [3.05, 3.63) is 69.1 Å². The van der Waals surface area contributed by atoms with Crippen LogP contribution in [0.3, 0.4) is 0 Å². The van der Waals surface area contributed by atoms with E-state index in [1.807, 2.05) is 23.6 Å². The first-order chi connectivity index (χ1) is 15.0. The maximum atomic E-state index is 12.4. The van der Waals surface area contributed by atoms with E-state index < -0.39 is 0 Å². The standard InChI is InChI=1S/C22H23N5OS3/c1-15-6-7-19(11-16(15)2)27(17(3)28)21-24-18(12-30-21)13-31-22-25-23-14-26(22)9-8-20-5-4-10-29-20/h4-7,10-12,14H,8-9,13H2,1-3H3. The maximum Gasteiger partial charge on any atom is 0.230 e. The Balaban J connectivity index is 1.43. The van der Waals surface area contributed by atoms with Crippen LogP contribution in [0.25, 0.3) is 0 Å². The summed E-state index contributed by atoms with van der Waals surface area (Å²) in [5.74, 6) is 0.623. The Morgan fingerprint density at radius 2 is 2.06 bits per heavy atom. The number of hydrogen-bond acceptors (Lipinski definition) is 7. The molecule has 3 aromatic heterocycles. The Morgan fingerprint density at radius 1 is 1.19 bits per heavy atom. The number of thioether (sulfide) groups is 1. The predicted molar refractivity (Wildman–Crippen MR) is 128 cm³/mol. The molecule has 1 aromatic carbocycles. The molecule has 0 aliphatic carbocycles. The van der Waals surface area contributed by atoms with Gasteiger partial charge in [0.25, 0.3) is 0 Å². The van der Waals surface area contributed by atoms with Gasteiger partial charge in [0.15, 0.2) is 10.3 Å². The summed E-state index contributed by atoms with van der Waals surface area (Å²) >= 11 is 4.86. The molecule has 4 rings (SSSR count). The maximum absolute atomic E-state index is 12.4. The van der Waals surface area contributed by atoms with Crippen molar-refractivity contribution in [3.8, 4) is 0 Å². The zero-order valence-corrected chi connectivity index (χ0v) is 20.1. The number of nitrogens with zero attached hydrogens (tertiary/aromatic N) is 5. The minimum Gasteiger partial charge on any atom is -0.308 e. The first kappa shape index (κ1) is 21.7. The highest BCUT2D eigenvalue weighted by Crippen LogP contribution is 2.32. The van der Waals surface area contributed by atoms with Gasteiger partial charge in [0, 0.05) is 29.5 Å². The summed E-state index contributed by atoms with van der Waals surface area (Å²) in [5, 5.41) is 14.0. The molecule has 4 aromatic rings. The van der Waals surface area contributed by atoms with Gasteiger partial charge < -0.3 is 4.57 Å². The second kappa shape index (κ2) is 9.76. The minimum atomic E-state index is -0.0508. The van der Waals surface area contributed by atoms with Gasteiger partial charge in [0.05, 0.1) is 11.4 Å². The molecule has 160 valence electrons. The minimum absolute atomic E-state index is 0.0508. The Bertz CT molecular complexity index is 1170. The number of benzene rings is 1. The Morgan fingerprint density at radius 3 is 2.81 bits per heavy atom. The van der Waals surface area contributed by atoms with Gasteiger partial charge in [-0.2, -0.15) is 0 Å². The quantitative estimate of drug-likeness (QED) is 0.313. The molecular weight excluding hydrogens is 446 g/mol. The number of thiazole rings is 1. The first-order valence-corrected chi connectivity index (χ1v) is 12.6. The molecule has 9 heteroatoms. The molecule has 0 aliphatic rings. The highest BCUT2D eigenvalue weighted by atomic mass is 32.2. The van der Waals surface area contributed by atoms with Crippen molar-refractivity contribution in [2.75, 3.05) is 4.90 Å². The number of anilines is 2. The van der Waals surface area contributed by atoms with Crippen LogP contribution >= 0.6 is 34.4 Å². The van der Waals surface area contributed by atoms with Gasteiger partial charge in [-0.15, -0.1) is 32.9 Å². The molecule has 0 atom stereocenters. The summed E-state index contributed by atoms with van der Waals surface area (Å²) in [6, 6.07) is 10.3. The number of aryl methyl sites for hydroxylation is 4. The fourth-order valence-electron chi connectivity index (χ4n) is 3.09. The van der Waals surface area contributed by atoms with E-state index in [0.717, 1.165) is 35.1 Å². The molecule has 0 spiro atoms. The van der Waals surface area contributed by atoms with Gasteiger partial charge >= 0.3 is 0 Å². The van der Waals surface area contributed by atoms with Crippen molar-refractivity contribution in [2.24, 2.45) is 0 Å². The van der Waals surface area contributed by atoms with E-state index in [1.54, 1.807) is 41.2 Å². The van der Waals surface area contributed by atoms with Crippen molar-refractivity contribution in [3.63, 3.8) is 0 Å². The van der Waals surface area contributed by atoms with Crippen molar-refractivity contribution < 1.29 is 4.79 Å². The summed E-state index contributed by atoms with van der Waals surface area (Å²) < 4.78 is 2.08. The Kier molecular flexibility index (Phi) is 6.84. The summed E-state index contributed by atoms with van der Waals surface area (Å²) in [7, 11) is 0. The topological polar surface area (TPSA) is 63.9 Å². The van der Waals surface area contributed by atoms with Crippen LogP contribution in [0.4, 0.5) is 10.8 Å². The van der Waals surface area contributed by atoms with Crippen molar-refractivity contribution >= 4 is 51.2 Å². The van der Waals surface area contributed by atoms with E-state index in [4.69, 9.17) is 4.98 Å². The van der Waals surface area contributed by atoms with Crippen LogP contribution in [0.1, 0.15) is 28.6 Å². The number of carbonyl (C=O) groups is 1. The molecule has 0 saturated heterocycles. The lowest BCUT2D eigenvalue weighted by atomic mass is 10.1. The normalized spacial score (nSPS) is 11.1. The first-order valence-electron chi connectivity index (χ1n) is 9.86. The molecule has 6 nitrogen and oxygen atoms in total. The molecule has 0 saturated carbocycles. The Hall–Kier alpha value is -2.49. The average Bonchev–Trinajstić information content (AvgIpc) is 3.49.